The lowest BCUT2D eigenvalue weighted by Gasteiger charge is -2.23. The highest BCUT2D eigenvalue weighted by Crippen LogP contribution is 2.21. The van der Waals surface area contributed by atoms with Gasteiger partial charge in [0.05, 0.1) is 19.3 Å². The van der Waals surface area contributed by atoms with E-state index >= 15 is 0 Å². The zero-order valence-electron chi connectivity index (χ0n) is 14.5. The van der Waals surface area contributed by atoms with E-state index in [2.05, 4.69) is 15.5 Å². The fourth-order valence-electron chi connectivity index (χ4n) is 3.28. The number of halogens is 2. The Morgan fingerprint density at radius 3 is 2.85 bits per heavy atom. The van der Waals surface area contributed by atoms with Crippen molar-refractivity contribution in [3.8, 4) is 0 Å². The molecule has 0 aromatic heterocycles. The van der Waals surface area contributed by atoms with E-state index in [1.54, 1.807) is 0 Å². The van der Waals surface area contributed by atoms with Crippen LogP contribution in [0, 0.1) is 0 Å². The lowest BCUT2D eigenvalue weighted by molar-refractivity contribution is -0.122. The summed E-state index contributed by atoms with van der Waals surface area (Å²) in [6.07, 6.45) is 1.80. The van der Waals surface area contributed by atoms with Crippen molar-refractivity contribution >= 4 is 42.3 Å². The third-order valence-corrected chi connectivity index (χ3v) is 4.51. The van der Waals surface area contributed by atoms with Crippen LogP contribution in [0.4, 0.5) is 5.69 Å². The van der Waals surface area contributed by atoms with Gasteiger partial charge in [0.2, 0.25) is 11.8 Å². The molecule has 2 fully saturated rings. The third-order valence-electron chi connectivity index (χ3n) is 4.51. The number of carbonyl (C=O) groups excluding carboxylic acids is 2. The van der Waals surface area contributed by atoms with E-state index in [0.29, 0.717) is 26.3 Å². The lowest BCUT2D eigenvalue weighted by atomic mass is 10.1. The molecule has 4 N–H and O–H groups in total. The number of nitrogens with one attached hydrogen (secondary N) is 2. The molecular formula is C17H26Cl2N4O3. The topological polar surface area (TPSA) is 96.7 Å². The molecule has 26 heavy (non-hydrogen) atoms. The molecule has 7 nitrogen and oxygen atoms in total. The van der Waals surface area contributed by atoms with E-state index in [4.69, 9.17) is 10.5 Å². The highest BCUT2D eigenvalue weighted by molar-refractivity contribution is 5.95. The summed E-state index contributed by atoms with van der Waals surface area (Å²) in [6, 6.07) is 7.20. The van der Waals surface area contributed by atoms with Gasteiger partial charge in [0.25, 0.3) is 0 Å². The number of nitrogens with zero attached hydrogens (tertiary/aromatic N) is 1. The Hall–Kier alpha value is -1.38. The average Bonchev–Trinajstić information content (AvgIpc) is 3.04. The summed E-state index contributed by atoms with van der Waals surface area (Å²) in [5.41, 5.74) is 7.26. The van der Waals surface area contributed by atoms with Crippen molar-refractivity contribution in [2.45, 2.75) is 31.5 Å². The van der Waals surface area contributed by atoms with Crippen molar-refractivity contribution in [1.82, 2.24) is 10.2 Å². The Morgan fingerprint density at radius 2 is 2.15 bits per heavy atom. The van der Waals surface area contributed by atoms with Crippen LogP contribution >= 0.6 is 24.8 Å². The summed E-state index contributed by atoms with van der Waals surface area (Å²) in [4.78, 5) is 25.8. The molecule has 0 saturated carbocycles. The van der Waals surface area contributed by atoms with Gasteiger partial charge in [0.15, 0.2) is 0 Å². The minimum absolute atomic E-state index is 0. The summed E-state index contributed by atoms with van der Waals surface area (Å²) < 4.78 is 5.31. The summed E-state index contributed by atoms with van der Waals surface area (Å²) in [5, 5.41) is 6.05. The molecule has 2 heterocycles. The van der Waals surface area contributed by atoms with Crippen molar-refractivity contribution in [2.24, 2.45) is 5.73 Å². The number of carbonyl (C=O) groups is 2. The van der Waals surface area contributed by atoms with Gasteiger partial charge in [-0.05, 0) is 37.1 Å². The number of amides is 2. The first-order chi connectivity index (χ1) is 11.6. The van der Waals surface area contributed by atoms with E-state index < -0.39 is 0 Å². The third kappa shape index (κ3) is 5.82. The highest BCUT2D eigenvalue weighted by atomic mass is 35.5. The number of anilines is 1. The molecule has 0 aliphatic carbocycles. The zero-order valence-corrected chi connectivity index (χ0v) is 16.1. The number of likely N-dealkylation sites (tertiary alicyclic amines) is 1. The van der Waals surface area contributed by atoms with Crippen LogP contribution in [0.5, 0.6) is 0 Å². The standard InChI is InChI=1S/C17H24N4O3.2ClH/c18-16(22)15-5-2-7-21(15)10-12-3-1-4-13(9-12)20-17(23)14-11-24-8-6-19-14;;/h1,3-4,9,14-15,19H,2,5-8,10-11H2,(H2,18,22)(H,20,23);2*1H. The molecule has 3 rings (SSSR count). The Kier molecular flexibility index (Phi) is 9.32. The number of primary amides is 1. The first-order valence-electron chi connectivity index (χ1n) is 8.38. The van der Waals surface area contributed by atoms with E-state index in [9.17, 15) is 9.59 Å². The van der Waals surface area contributed by atoms with Crippen LogP contribution < -0.4 is 16.4 Å². The molecule has 2 saturated heterocycles. The average molecular weight is 405 g/mol. The second-order valence-corrected chi connectivity index (χ2v) is 6.30. The van der Waals surface area contributed by atoms with Gasteiger partial charge < -0.3 is 21.1 Å². The maximum atomic E-state index is 12.2. The number of hydrogen-bond acceptors (Lipinski definition) is 5. The van der Waals surface area contributed by atoms with Crippen LogP contribution in [-0.2, 0) is 20.9 Å². The molecule has 0 spiro atoms. The van der Waals surface area contributed by atoms with Gasteiger partial charge >= 0.3 is 0 Å². The van der Waals surface area contributed by atoms with E-state index in [1.165, 1.54) is 0 Å². The Balaban J connectivity index is 0.00000169. The molecule has 2 unspecified atom stereocenters. The van der Waals surface area contributed by atoms with Gasteiger partial charge in [-0.15, -0.1) is 24.8 Å². The molecule has 0 bridgehead atoms. The molecular weight excluding hydrogens is 379 g/mol. The van der Waals surface area contributed by atoms with Crippen LogP contribution in [0.1, 0.15) is 18.4 Å². The Bertz CT molecular complexity index is 611. The van der Waals surface area contributed by atoms with E-state index in [1.807, 2.05) is 24.3 Å². The second-order valence-electron chi connectivity index (χ2n) is 6.30. The molecule has 2 amide bonds. The van der Waals surface area contributed by atoms with Gasteiger partial charge in [0, 0.05) is 18.8 Å². The highest BCUT2D eigenvalue weighted by Gasteiger charge is 2.28. The van der Waals surface area contributed by atoms with Crippen molar-refractivity contribution in [3.63, 3.8) is 0 Å². The van der Waals surface area contributed by atoms with Crippen molar-refractivity contribution in [3.05, 3.63) is 29.8 Å². The van der Waals surface area contributed by atoms with Crippen LogP contribution in [0.15, 0.2) is 24.3 Å². The number of morpholine rings is 1. The quantitative estimate of drug-likeness (QED) is 0.677. The maximum Gasteiger partial charge on any atom is 0.243 e. The fraction of sp³-hybridized carbons (Fsp3) is 0.529. The minimum Gasteiger partial charge on any atom is -0.378 e. The summed E-state index contributed by atoms with van der Waals surface area (Å²) in [5.74, 6) is -0.358. The van der Waals surface area contributed by atoms with Crippen LogP contribution in [0.2, 0.25) is 0 Å². The number of benzene rings is 1. The molecule has 0 radical (unpaired) electrons. The van der Waals surface area contributed by atoms with Crippen molar-refractivity contribution in [2.75, 3.05) is 31.6 Å². The number of ether oxygens (including phenoxy) is 1. The minimum atomic E-state index is -0.319. The van der Waals surface area contributed by atoms with Gasteiger partial charge in [-0.1, -0.05) is 12.1 Å². The summed E-state index contributed by atoms with van der Waals surface area (Å²) in [6.45, 7) is 3.23. The molecule has 2 atom stereocenters. The number of rotatable bonds is 5. The second kappa shape index (κ2) is 10.7. The monoisotopic (exact) mass is 404 g/mol. The Morgan fingerprint density at radius 1 is 1.35 bits per heavy atom. The SMILES string of the molecule is Cl.Cl.NC(=O)C1CCCN1Cc1cccc(NC(=O)C2COCCN2)c1. The van der Waals surface area contributed by atoms with Gasteiger partial charge in [-0.25, -0.2) is 0 Å². The van der Waals surface area contributed by atoms with Gasteiger partial charge in [-0.3, -0.25) is 14.5 Å². The summed E-state index contributed by atoms with van der Waals surface area (Å²) in [7, 11) is 0. The predicted molar refractivity (Wildman–Crippen MR) is 105 cm³/mol. The first-order valence-corrected chi connectivity index (χ1v) is 8.38. The maximum absolute atomic E-state index is 12.2. The summed E-state index contributed by atoms with van der Waals surface area (Å²) >= 11 is 0. The van der Waals surface area contributed by atoms with Crippen molar-refractivity contribution < 1.29 is 14.3 Å². The molecule has 9 heteroatoms. The fourth-order valence-corrected chi connectivity index (χ4v) is 3.28. The molecule has 1 aromatic rings. The number of nitrogens with two attached hydrogens (primary N) is 1. The normalized spacial score (nSPS) is 22.8. The lowest BCUT2D eigenvalue weighted by Crippen LogP contribution is -2.48. The van der Waals surface area contributed by atoms with Crippen LogP contribution in [0.3, 0.4) is 0 Å². The Labute approximate surface area is 165 Å². The molecule has 2 aliphatic rings. The zero-order chi connectivity index (χ0) is 16.9. The molecule has 1 aromatic carbocycles. The van der Waals surface area contributed by atoms with Crippen molar-refractivity contribution in [1.29, 1.82) is 0 Å². The largest absolute Gasteiger partial charge is 0.378 e. The molecule has 2 aliphatic heterocycles. The van der Waals surface area contributed by atoms with E-state index in [-0.39, 0.29) is 48.7 Å². The van der Waals surface area contributed by atoms with Gasteiger partial charge in [-0.2, -0.15) is 0 Å². The van der Waals surface area contributed by atoms with E-state index in [0.717, 1.165) is 30.6 Å². The first kappa shape index (κ1) is 22.7. The number of hydrogen-bond donors (Lipinski definition) is 3. The molecule has 146 valence electrons. The van der Waals surface area contributed by atoms with Gasteiger partial charge in [0.1, 0.15) is 6.04 Å². The van der Waals surface area contributed by atoms with Crippen LogP contribution in [-0.4, -0.2) is 55.1 Å². The predicted octanol–water partition coefficient (Wildman–Crippen LogP) is 0.907. The smallest absolute Gasteiger partial charge is 0.243 e. The van der Waals surface area contributed by atoms with Crippen LogP contribution in [0.25, 0.3) is 0 Å².